The van der Waals surface area contributed by atoms with Gasteiger partial charge in [0.25, 0.3) is 29.3 Å². The van der Waals surface area contributed by atoms with Crippen molar-refractivity contribution in [3.05, 3.63) is 133 Å². The summed E-state index contributed by atoms with van der Waals surface area (Å²) < 4.78 is 10.7. The molecule has 244 valence electrons. The summed E-state index contributed by atoms with van der Waals surface area (Å²) in [6.45, 7) is 3.08. The van der Waals surface area contributed by atoms with E-state index >= 15 is 0 Å². The highest BCUT2D eigenvalue weighted by Crippen LogP contribution is 2.22. The molecule has 0 fully saturated rings. The van der Waals surface area contributed by atoms with Gasteiger partial charge in [-0.2, -0.15) is 0 Å². The zero-order valence-corrected chi connectivity index (χ0v) is 26.6. The van der Waals surface area contributed by atoms with Crippen molar-refractivity contribution in [1.29, 1.82) is 0 Å². The smallest absolute Gasteiger partial charge is 0.276 e. The molecule has 0 atom stereocenters. The summed E-state index contributed by atoms with van der Waals surface area (Å²) >= 11 is 11.7. The maximum absolute atomic E-state index is 11.9. The number of nitro benzene ring substituents is 1. The Morgan fingerprint density at radius 2 is 1.11 bits per heavy atom. The van der Waals surface area contributed by atoms with Crippen molar-refractivity contribution < 1.29 is 33.6 Å². The van der Waals surface area contributed by atoms with E-state index in [1.165, 1.54) is 18.2 Å². The number of nitrogens with one attached hydrogen (secondary N) is 4. The van der Waals surface area contributed by atoms with Gasteiger partial charge in [-0.05, 0) is 79.6 Å². The van der Waals surface area contributed by atoms with E-state index in [4.69, 9.17) is 32.7 Å². The van der Waals surface area contributed by atoms with Crippen molar-refractivity contribution in [2.75, 3.05) is 13.2 Å². The molecule has 4 aromatic rings. The Morgan fingerprint density at radius 3 is 1.57 bits per heavy atom. The number of aryl methyl sites for hydroxylation is 2. The highest BCUT2D eigenvalue weighted by molar-refractivity contribution is 6.31. The van der Waals surface area contributed by atoms with E-state index in [-0.39, 0.29) is 24.5 Å². The SMILES string of the molecule is Cc1cc(Cl)ccc1OCC(=O)NNC(=O)c1cccc([N+](=O)[O-])c1.Cc1cc(Cl)ccc1OCC(=O)NNC(=O)c1ccccc1. The minimum atomic E-state index is -0.681. The molecule has 0 bridgehead atoms. The van der Waals surface area contributed by atoms with Crippen LogP contribution in [0.15, 0.2) is 91.0 Å². The first-order valence-corrected chi connectivity index (χ1v) is 14.4. The molecular formula is C32H29Cl2N5O8. The zero-order chi connectivity index (χ0) is 34.3. The number of benzene rings is 4. The van der Waals surface area contributed by atoms with E-state index in [0.29, 0.717) is 27.1 Å². The summed E-state index contributed by atoms with van der Waals surface area (Å²) in [7, 11) is 0. The Labute approximate surface area is 279 Å². The first-order valence-electron chi connectivity index (χ1n) is 13.7. The second-order valence-electron chi connectivity index (χ2n) is 9.58. The fourth-order valence-electron chi connectivity index (χ4n) is 3.66. The van der Waals surface area contributed by atoms with Gasteiger partial charge in [-0.25, -0.2) is 0 Å². The van der Waals surface area contributed by atoms with Gasteiger partial charge in [0.1, 0.15) is 11.5 Å². The number of hydrazine groups is 2. The summed E-state index contributed by atoms with van der Waals surface area (Å²) in [5.74, 6) is -1.07. The molecule has 47 heavy (non-hydrogen) atoms. The van der Waals surface area contributed by atoms with Crippen molar-refractivity contribution in [2.24, 2.45) is 0 Å². The lowest BCUT2D eigenvalue weighted by molar-refractivity contribution is -0.384. The fourth-order valence-corrected chi connectivity index (χ4v) is 4.11. The summed E-state index contributed by atoms with van der Waals surface area (Å²) in [6.07, 6.45) is 0. The van der Waals surface area contributed by atoms with Gasteiger partial charge in [0.2, 0.25) is 0 Å². The van der Waals surface area contributed by atoms with Crippen LogP contribution in [0.4, 0.5) is 5.69 Å². The molecule has 4 rings (SSSR count). The van der Waals surface area contributed by atoms with Crippen molar-refractivity contribution in [3.63, 3.8) is 0 Å². The van der Waals surface area contributed by atoms with Gasteiger partial charge in [0.15, 0.2) is 13.2 Å². The normalized spacial score (nSPS) is 9.96. The third-order valence-corrected chi connectivity index (χ3v) is 6.45. The number of nitro groups is 1. The van der Waals surface area contributed by atoms with Crippen LogP contribution in [0.25, 0.3) is 0 Å². The maximum Gasteiger partial charge on any atom is 0.276 e. The molecule has 0 aliphatic rings. The monoisotopic (exact) mass is 681 g/mol. The molecule has 4 N–H and O–H groups in total. The van der Waals surface area contributed by atoms with E-state index in [0.717, 1.165) is 17.2 Å². The standard InChI is InChI=1S/C16H14ClN3O5.C16H15ClN2O3/c1-10-7-12(17)5-6-14(10)25-9-15(21)18-19-16(22)11-3-2-4-13(8-11)20(23)24;1-11-9-13(17)7-8-14(11)22-10-15(20)18-19-16(21)12-5-3-2-4-6-12/h2-8H,9H2,1H3,(H,18,21)(H,19,22);2-9H,10H2,1H3,(H,18,20)(H,19,21). The predicted octanol–water partition coefficient (Wildman–Crippen LogP) is 4.89. The van der Waals surface area contributed by atoms with Gasteiger partial charge in [0.05, 0.1) is 4.92 Å². The predicted molar refractivity (Wildman–Crippen MR) is 174 cm³/mol. The molecule has 13 nitrogen and oxygen atoms in total. The molecule has 0 spiro atoms. The third kappa shape index (κ3) is 12.0. The molecule has 4 aromatic carbocycles. The second kappa shape index (κ2) is 17.7. The zero-order valence-electron chi connectivity index (χ0n) is 25.0. The van der Waals surface area contributed by atoms with Crippen molar-refractivity contribution >= 4 is 52.5 Å². The van der Waals surface area contributed by atoms with Crippen LogP contribution in [0.3, 0.4) is 0 Å². The van der Waals surface area contributed by atoms with Crippen molar-refractivity contribution in [3.8, 4) is 11.5 Å². The summed E-state index contributed by atoms with van der Waals surface area (Å²) in [5, 5.41) is 11.8. The molecule has 0 heterocycles. The van der Waals surface area contributed by atoms with Crippen molar-refractivity contribution in [1.82, 2.24) is 21.7 Å². The van der Waals surface area contributed by atoms with Gasteiger partial charge >= 0.3 is 0 Å². The Kier molecular flexibility index (Phi) is 13.5. The van der Waals surface area contributed by atoms with E-state index in [1.807, 2.05) is 6.92 Å². The number of ether oxygens (including phenoxy) is 2. The first kappa shape index (κ1) is 35.8. The van der Waals surface area contributed by atoms with Gasteiger partial charge in [-0.1, -0.05) is 47.5 Å². The number of nitrogens with zero attached hydrogens (tertiary/aromatic N) is 1. The van der Waals surface area contributed by atoms with Crippen LogP contribution < -0.4 is 31.2 Å². The molecule has 4 amide bonds. The number of carbonyl (C=O) groups is 4. The second-order valence-corrected chi connectivity index (χ2v) is 10.4. The molecule has 0 saturated carbocycles. The highest BCUT2D eigenvalue weighted by Gasteiger charge is 2.13. The lowest BCUT2D eigenvalue weighted by Gasteiger charge is -2.10. The highest BCUT2D eigenvalue weighted by atomic mass is 35.5. The van der Waals surface area contributed by atoms with Crippen LogP contribution in [0.5, 0.6) is 11.5 Å². The fraction of sp³-hybridized carbons (Fsp3) is 0.125. The maximum atomic E-state index is 11.9. The number of amides is 4. The quantitative estimate of drug-likeness (QED) is 0.143. The lowest BCUT2D eigenvalue weighted by Crippen LogP contribution is -2.43. The average molecular weight is 683 g/mol. The Bertz CT molecular complexity index is 1750. The molecule has 0 aromatic heterocycles. The Morgan fingerprint density at radius 1 is 0.638 bits per heavy atom. The number of rotatable bonds is 9. The van der Waals surface area contributed by atoms with Gasteiger partial charge in [0, 0.05) is 33.3 Å². The molecule has 0 saturated heterocycles. The summed E-state index contributed by atoms with van der Waals surface area (Å²) in [4.78, 5) is 57.1. The van der Waals surface area contributed by atoms with Crippen LogP contribution in [-0.2, 0) is 9.59 Å². The third-order valence-electron chi connectivity index (χ3n) is 5.98. The number of carbonyl (C=O) groups excluding carboxylic acids is 4. The van der Waals surface area contributed by atoms with Gasteiger partial charge in [-0.3, -0.25) is 51.0 Å². The summed E-state index contributed by atoms with van der Waals surface area (Å²) in [5.41, 5.74) is 10.8. The van der Waals surface area contributed by atoms with E-state index in [1.54, 1.807) is 73.7 Å². The number of hydrogen-bond donors (Lipinski definition) is 4. The molecule has 0 radical (unpaired) electrons. The van der Waals surface area contributed by atoms with Crippen LogP contribution in [0, 0.1) is 24.0 Å². The molecular weight excluding hydrogens is 653 g/mol. The number of non-ortho nitro benzene ring substituents is 1. The van der Waals surface area contributed by atoms with E-state index < -0.39 is 28.6 Å². The van der Waals surface area contributed by atoms with Crippen LogP contribution in [-0.4, -0.2) is 41.8 Å². The molecule has 0 aliphatic heterocycles. The molecule has 0 aliphatic carbocycles. The minimum absolute atomic E-state index is 0.0453. The first-order chi connectivity index (χ1) is 22.4. The van der Waals surface area contributed by atoms with Gasteiger partial charge < -0.3 is 9.47 Å². The summed E-state index contributed by atoms with van der Waals surface area (Å²) in [6, 6.07) is 23.8. The lowest BCUT2D eigenvalue weighted by atomic mass is 10.2. The van der Waals surface area contributed by atoms with Crippen LogP contribution in [0.1, 0.15) is 31.8 Å². The van der Waals surface area contributed by atoms with Crippen LogP contribution in [0.2, 0.25) is 10.0 Å². The number of hydrogen-bond acceptors (Lipinski definition) is 8. The van der Waals surface area contributed by atoms with Gasteiger partial charge in [-0.15, -0.1) is 0 Å². The number of halogens is 2. The van der Waals surface area contributed by atoms with E-state index in [9.17, 15) is 29.3 Å². The Balaban J connectivity index is 0.000000257. The molecule has 15 heteroatoms. The Hall–Kier alpha value is -5.66. The molecule has 0 unspecified atom stereocenters. The minimum Gasteiger partial charge on any atom is -0.483 e. The largest absolute Gasteiger partial charge is 0.483 e. The van der Waals surface area contributed by atoms with Crippen LogP contribution >= 0.6 is 23.2 Å². The van der Waals surface area contributed by atoms with E-state index in [2.05, 4.69) is 21.7 Å². The topological polar surface area (TPSA) is 178 Å². The van der Waals surface area contributed by atoms with Crippen molar-refractivity contribution in [2.45, 2.75) is 13.8 Å². The average Bonchev–Trinajstić information content (AvgIpc) is 3.06.